The van der Waals surface area contributed by atoms with E-state index < -0.39 is 0 Å². The van der Waals surface area contributed by atoms with Gasteiger partial charge in [-0.1, -0.05) is 36.4 Å². The van der Waals surface area contributed by atoms with Crippen LogP contribution in [0, 0.1) is 18.3 Å². The van der Waals surface area contributed by atoms with E-state index >= 15 is 0 Å². The van der Waals surface area contributed by atoms with Gasteiger partial charge in [0.15, 0.2) is 5.69 Å². The number of nitriles is 1. The highest BCUT2D eigenvalue weighted by atomic mass is 32.2. The van der Waals surface area contributed by atoms with Crippen molar-refractivity contribution in [3.63, 3.8) is 0 Å². The second kappa shape index (κ2) is 5.86. The minimum Gasteiger partial charge on any atom is -0.428 e. The van der Waals surface area contributed by atoms with E-state index in [1.54, 1.807) is 0 Å². The van der Waals surface area contributed by atoms with E-state index in [-0.39, 0.29) is 0 Å². The van der Waals surface area contributed by atoms with Crippen molar-refractivity contribution >= 4 is 11.8 Å². The van der Waals surface area contributed by atoms with Gasteiger partial charge in [-0.05, 0) is 42.4 Å². The highest BCUT2D eigenvalue weighted by Gasteiger charge is 2.16. The summed E-state index contributed by atoms with van der Waals surface area (Å²) in [6.45, 7) is 2.00. The Balaban J connectivity index is 2.00. The molecule has 0 aliphatic rings. The lowest BCUT2D eigenvalue weighted by molar-refractivity contribution is 0.483. The average molecular weight is 292 g/mol. The van der Waals surface area contributed by atoms with Crippen LogP contribution < -0.4 is 0 Å². The molecule has 0 N–H and O–H groups in total. The maximum atomic E-state index is 9.24. The molecule has 0 fully saturated rings. The summed E-state index contributed by atoms with van der Waals surface area (Å²) in [5, 5.41) is 9.77. The summed E-state index contributed by atoms with van der Waals surface area (Å²) in [6.07, 6.45) is 0. The molecule has 0 radical (unpaired) electrons. The fraction of sp³-hybridized carbons (Fsp3) is 0.0588. The molecule has 0 aliphatic heterocycles. The van der Waals surface area contributed by atoms with Crippen molar-refractivity contribution in [3.05, 3.63) is 65.9 Å². The Morgan fingerprint density at radius 3 is 2.48 bits per heavy atom. The Morgan fingerprint density at radius 2 is 1.76 bits per heavy atom. The minimum absolute atomic E-state index is 0.321. The summed E-state index contributed by atoms with van der Waals surface area (Å²) >= 11 is 1.41. The molecular weight excluding hydrogens is 280 g/mol. The van der Waals surface area contributed by atoms with Crippen LogP contribution >= 0.6 is 11.8 Å². The summed E-state index contributed by atoms with van der Waals surface area (Å²) in [5.74, 6) is 0.489. The smallest absolute Gasteiger partial charge is 0.229 e. The summed E-state index contributed by atoms with van der Waals surface area (Å²) < 4.78 is 5.81. The maximum Gasteiger partial charge on any atom is 0.229 e. The van der Waals surface area contributed by atoms with Crippen molar-refractivity contribution in [1.29, 1.82) is 5.26 Å². The molecule has 0 aliphatic carbocycles. The molecule has 4 heteroatoms. The van der Waals surface area contributed by atoms with Crippen molar-refractivity contribution in [2.24, 2.45) is 0 Å². The van der Waals surface area contributed by atoms with Crippen LogP contribution in [0.25, 0.3) is 11.5 Å². The van der Waals surface area contributed by atoms with Crippen LogP contribution in [-0.2, 0) is 0 Å². The number of aryl methyl sites for hydroxylation is 1. The molecule has 0 spiro atoms. The molecule has 1 aromatic heterocycles. The van der Waals surface area contributed by atoms with Gasteiger partial charge in [0, 0.05) is 10.5 Å². The van der Waals surface area contributed by atoms with E-state index in [1.807, 2.05) is 61.5 Å². The zero-order valence-electron chi connectivity index (χ0n) is 11.4. The van der Waals surface area contributed by atoms with Gasteiger partial charge in [-0.25, -0.2) is 0 Å². The Morgan fingerprint density at radius 1 is 1.05 bits per heavy atom. The predicted octanol–water partition coefficient (Wildman–Crippen LogP) is 4.67. The minimum atomic E-state index is 0.321. The second-order valence-corrected chi connectivity index (χ2v) is 5.54. The Bertz CT molecular complexity index is 803. The zero-order valence-corrected chi connectivity index (χ0v) is 12.2. The highest BCUT2D eigenvalue weighted by molar-refractivity contribution is 7.99. The van der Waals surface area contributed by atoms with Crippen LogP contribution in [0.2, 0.25) is 0 Å². The van der Waals surface area contributed by atoms with E-state index in [1.165, 1.54) is 11.8 Å². The summed E-state index contributed by atoms with van der Waals surface area (Å²) in [4.78, 5) is 5.32. The number of nitrogens with zero attached hydrogens (tertiary/aromatic N) is 2. The molecule has 0 atom stereocenters. The molecule has 21 heavy (non-hydrogen) atoms. The van der Waals surface area contributed by atoms with Gasteiger partial charge in [0.25, 0.3) is 0 Å². The van der Waals surface area contributed by atoms with Gasteiger partial charge < -0.3 is 4.42 Å². The lowest BCUT2D eigenvalue weighted by Crippen LogP contribution is -1.82. The first-order chi connectivity index (χ1) is 10.3. The predicted molar refractivity (Wildman–Crippen MR) is 82.0 cm³/mol. The van der Waals surface area contributed by atoms with Crippen molar-refractivity contribution in [1.82, 2.24) is 4.98 Å². The van der Waals surface area contributed by atoms with Crippen molar-refractivity contribution in [3.8, 4) is 17.5 Å². The van der Waals surface area contributed by atoms with Crippen molar-refractivity contribution < 1.29 is 4.42 Å². The van der Waals surface area contributed by atoms with Crippen LogP contribution in [0.1, 0.15) is 11.3 Å². The van der Waals surface area contributed by atoms with E-state index in [0.29, 0.717) is 16.7 Å². The maximum absolute atomic E-state index is 9.24. The molecule has 102 valence electrons. The molecule has 0 bridgehead atoms. The van der Waals surface area contributed by atoms with Crippen molar-refractivity contribution in [2.75, 3.05) is 0 Å². The molecule has 3 nitrogen and oxygen atoms in total. The van der Waals surface area contributed by atoms with Gasteiger partial charge in [-0.15, -0.1) is 0 Å². The third kappa shape index (κ3) is 2.83. The molecule has 2 aromatic carbocycles. The quantitative estimate of drug-likeness (QED) is 0.703. The Labute approximate surface area is 127 Å². The lowest BCUT2D eigenvalue weighted by Gasteiger charge is -1.99. The van der Waals surface area contributed by atoms with Gasteiger partial charge in [0.2, 0.25) is 11.0 Å². The van der Waals surface area contributed by atoms with E-state index in [2.05, 4.69) is 11.1 Å². The molecule has 0 unspecified atom stereocenters. The zero-order chi connectivity index (χ0) is 14.7. The molecule has 0 saturated carbocycles. The van der Waals surface area contributed by atoms with Crippen LogP contribution in [-0.4, -0.2) is 4.98 Å². The topological polar surface area (TPSA) is 49.8 Å². The number of hydrogen-bond acceptors (Lipinski definition) is 4. The standard InChI is InChI=1S/C17H12N2OS/c1-12-7-5-6-10-14(12)16-19-15(11-18)17(20-16)21-13-8-3-2-4-9-13/h2-10H,1H3. The number of benzene rings is 2. The van der Waals surface area contributed by atoms with E-state index in [0.717, 1.165) is 16.0 Å². The van der Waals surface area contributed by atoms with Crippen molar-refractivity contribution in [2.45, 2.75) is 16.9 Å². The fourth-order valence-electron chi connectivity index (χ4n) is 1.97. The monoisotopic (exact) mass is 292 g/mol. The van der Waals surface area contributed by atoms with Crippen LogP contribution in [0.3, 0.4) is 0 Å². The first kappa shape index (κ1) is 13.5. The molecule has 1 heterocycles. The van der Waals surface area contributed by atoms with Gasteiger partial charge in [-0.3, -0.25) is 0 Å². The SMILES string of the molecule is Cc1ccccc1-c1nc(C#N)c(Sc2ccccc2)o1. The first-order valence-corrected chi connectivity index (χ1v) is 7.29. The molecular formula is C17H12N2OS. The largest absolute Gasteiger partial charge is 0.428 e. The normalized spacial score (nSPS) is 10.3. The molecule has 0 amide bonds. The molecule has 0 saturated heterocycles. The first-order valence-electron chi connectivity index (χ1n) is 6.48. The molecule has 3 aromatic rings. The number of aromatic nitrogens is 1. The van der Waals surface area contributed by atoms with Crippen LogP contribution in [0.15, 0.2) is 69.0 Å². The third-order valence-corrected chi connectivity index (χ3v) is 4.00. The van der Waals surface area contributed by atoms with Crippen LogP contribution in [0.4, 0.5) is 0 Å². The fourth-order valence-corrected chi connectivity index (χ4v) is 2.79. The van der Waals surface area contributed by atoms with Crippen LogP contribution in [0.5, 0.6) is 0 Å². The van der Waals surface area contributed by atoms with Gasteiger partial charge in [0.05, 0.1) is 0 Å². The molecule has 3 rings (SSSR count). The third-order valence-electron chi connectivity index (χ3n) is 3.03. The highest BCUT2D eigenvalue weighted by Crippen LogP contribution is 2.34. The average Bonchev–Trinajstić information content (AvgIpc) is 2.91. The number of oxazole rings is 1. The van der Waals surface area contributed by atoms with Gasteiger partial charge in [0.1, 0.15) is 6.07 Å². The summed E-state index contributed by atoms with van der Waals surface area (Å²) in [5.41, 5.74) is 2.30. The van der Waals surface area contributed by atoms with E-state index in [9.17, 15) is 5.26 Å². The number of hydrogen-bond donors (Lipinski definition) is 0. The van der Waals surface area contributed by atoms with E-state index in [4.69, 9.17) is 4.42 Å². The Hall–Kier alpha value is -2.51. The summed E-state index contributed by atoms with van der Waals surface area (Å²) in [6, 6.07) is 19.7. The van der Waals surface area contributed by atoms with Gasteiger partial charge in [-0.2, -0.15) is 10.2 Å². The summed E-state index contributed by atoms with van der Waals surface area (Å²) in [7, 11) is 0. The van der Waals surface area contributed by atoms with Gasteiger partial charge >= 0.3 is 0 Å². The lowest BCUT2D eigenvalue weighted by atomic mass is 10.1. The number of rotatable bonds is 3. The second-order valence-electron chi connectivity index (χ2n) is 4.50. The Kier molecular flexibility index (Phi) is 3.76.